The van der Waals surface area contributed by atoms with Crippen LogP contribution in [0.15, 0.2) is 41.8 Å². The van der Waals surface area contributed by atoms with Crippen LogP contribution in [-0.4, -0.2) is 13.1 Å². The average Bonchev–Trinajstić information content (AvgIpc) is 3.01. The van der Waals surface area contributed by atoms with Crippen molar-refractivity contribution < 1.29 is 0 Å². The summed E-state index contributed by atoms with van der Waals surface area (Å²) in [4.78, 5) is 3.81. The molecule has 0 spiro atoms. The van der Waals surface area contributed by atoms with Gasteiger partial charge < -0.3 is 10.6 Å². The number of para-hydroxylation sites is 1. The lowest BCUT2D eigenvalue weighted by Crippen LogP contribution is -2.31. The molecule has 2 aromatic rings. The molecule has 0 bridgehead atoms. The smallest absolute Gasteiger partial charge is 0.0757 e. The van der Waals surface area contributed by atoms with E-state index in [0.29, 0.717) is 12.6 Å². The van der Waals surface area contributed by atoms with E-state index in [9.17, 15) is 0 Å². The summed E-state index contributed by atoms with van der Waals surface area (Å²) in [7, 11) is 0. The highest BCUT2D eigenvalue weighted by Crippen LogP contribution is 2.35. The fourth-order valence-corrected chi connectivity index (χ4v) is 3.42. The zero-order valence-corrected chi connectivity index (χ0v) is 10.5. The molecule has 0 saturated heterocycles. The number of nitrogens with two attached hydrogens (primary N) is 1. The molecule has 0 unspecified atom stereocenters. The lowest BCUT2D eigenvalue weighted by atomic mass is 10.1. The molecule has 2 N–H and O–H groups in total. The summed E-state index contributed by atoms with van der Waals surface area (Å²) < 4.78 is 0. The van der Waals surface area contributed by atoms with Crippen molar-refractivity contribution >= 4 is 17.0 Å². The molecule has 0 aliphatic carbocycles. The summed E-state index contributed by atoms with van der Waals surface area (Å²) in [5.74, 6) is 0. The van der Waals surface area contributed by atoms with E-state index in [4.69, 9.17) is 5.73 Å². The Hall–Kier alpha value is -1.32. The van der Waals surface area contributed by atoms with E-state index in [1.54, 1.807) is 11.3 Å². The lowest BCUT2D eigenvalue weighted by molar-refractivity contribution is 0.659. The number of nitrogens with zero attached hydrogens (tertiary/aromatic N) is 1. The van der Waals surface area contributed by atoms with Crippen molar-refractivity contribution in [3.8, 4) is 0 Å². The molecule has 1 aliphatic rings. The van der Waals surface area contributed by atoms with Crippen molar-refractivity contribution in [3.05, 3.63) is 52.2 Å². The molecular weight excluding hydrogens is 228 g/mol. The van der Waals surface area contributed by atoms with E-state index in [2.05, 4.69) is 46.7 Å². The minimum atomic E-state index is 0.332. The predicted molar refractivity (Wildman–Crippen MR) is 73.6 cm³/mol. The van der Waals surface area contributed by atoms with Crippen LogP contribution >= 0.6 is 11.3 Å². The Morgan fingerprint density at radius 1 is 1.24 bits per heavy atom. The van der Waals surface area contributed by atoms with E-state index < -0.39 is 0 Å². The molecule has 88 valence electrons. The van der Waals surface area contributed by atoms with Crippen LogP contribution in [0.4, 0.5) is 5.69 Å². The number of thiophene rings is 1. The van der Waals surface area contributed by atoms with E-state index in [1.807, 2.05) is 0 Å². The first kappa shape index (κ1) is 10.8. The molecule has 1 aliphatic heterocycles. The molecule has 0 saturated carbocycles. The Morgan fingerprint density at radius 2 is 2.12 bits per heavy atom. The van der Waals surface area contributed by atoms with Crippen molar-refractivity contribution in [1.82, 2.24) is 0 Å². The molecule has 0 amide bonds. The standard InChI is InChI=1S/C14H16N2S/c15-10-13(14-6-3-9-17-14)16-8-7-11-4-1-2-5-12(11)16/h1-6,9,13H,7-8,10,15H2/t13-/m0/s1. The average molecular weight is 244 g/mol. The molecule has 17 heavy (non-hydrogen) atoms. The largest absolute Gasteiger partial charge is 0.362 e. The van der Waals surface area contributed by atoms with Gasteiger partial charge in [-0.1, -0.05) is 24.3 Å². The summed E-state index contributed by atoms with van der Waals surface area (Å²) in [5, 5.41) is 2.12. The molecular formula is C14H16N2S. The monoisotopic (exact) mass is 244 g/mol. The first-order valence-electron chi connectivity index (χ1n) is 5.98. The fraction of sp³-hybridized carbons (Fsp3) is 0.286. The van der Waals surface area contributed by atoms with Crippen molar-refractivity contribution in [2.75, 3.05) is 18.0 Å². The van der Waals surface area contributed by atoms with E-state index in [-0.39, 0.29) is 0 Å². The number of anilines is 1. The third kappa shape index (κ3) is 1.85. The Labute approximate surface area is 106 Å². The minimum Gasteiger partial charge on any atom is -0.362 e. The summed E-state index contributed by atoms with van der Waals surface area (Å²) >= 11 is 1.80. The summed E-state index contributed by atoms with van der Waals surface area (Å²) in [5.41, 5.74) is 8.77. The van der Waals surface area contributed by atoms with Gasteiger partial charge in [0.2, 0.25) is 0 Å². The van der Waals surface area contributed by atoms with Crippen molar-refractivity contribution in [2.24, 2.45) is 5.73 Å². The number of hydrogen-bond donors (Lipinski definition) is 1. The minimum absolute atomic E-state index is 0.332. The quantitative estimate of drug-likeness (QED) is 0.899. The predicted octanol–water partition coefficient (Wildman–Crippen LogP) is 2.81. The number of hydrogen-bond acceptors (Lipinski definition) is 3. The maximum absolute atomic E-state index is 5.97. The van der Waals surface area contributed by atoms with Gasteiger partial charge in [-0.05, 0) is 29.5 Å². The highest BCUT2D eigenvalue weighted by atomic mass is 32.1. The molecule has 3 heteroatoms. The Bertz CT molecular complexity index is 493. The van der Waals surface area contributed by atoms with Gasteiger partial charge in [0.1, 0.15) is 0 Å². The number of rotatable bonds is 3. The normalized spacial score (nSPS) is 15.9. The van der Waals surface area contributed by atoms with Crippen LogP contribution in [0.2, 0.25) is 0 Å². The molecule has 3 rings (SSSR count). The van der Waals surface area contributed by atoms with Gasteiger partial charge in [0.15, 0.2) is 0 Å². The Kier molecular flexibility index (Phi) is 2.87. The van der Waals surface area contributed by atoms with Crippen molar-refractivity contribution in [3.63, 3.8) is 0 Å². The summed E-state index contributed by atoms with van der Waals surface area (Å²) in [6, 6.07) is 13.3. The van der Waals surface area contributed by atoms with Gasteiger partial charge in [-0.15, -0.1) is 11.3 Å². The molecule has 0 fully saturated rings. The van der Waals surface area contributed by atoms with Gasteiger partial charge >= 0.3 is 0 Å². The molecule has 0 radical (unpaired) electrons. The maximum Gasteiger partial charge on any atom is 0.0757 e. The van der Waals surface area contributed by atoms with Crippen LogP contribution in [-0.2, 0) is 6.42 Å². The lowest BCUT2D eigenvalue weighted by Gasteiger charge is -2.28. The van der Waals surface area contributed by atoms with Gasteiger partial charge in [-0.2, -0.15) is 0 Å². The van der Waals surface area contributed by atoms with Gasteiger partial charge in [0.05, 0.1) is 6.04 Å². The Balaban J connectivity index is 1.95. The molecule has 1 atom stereocenters. The molecule has 1 aromatic heterocycles. The third-order valence-corrected chi connectivity index (χ3v) is 4.37. The number of fused-ring (bicyclic) bond motifs is 1. The highest BCUT2D eigenvalue weighted by molar-refractivity contribution is 7.10. The highest BCUT2D eigenvalue weighted by Gasteiger charge is 2.26. The summed E-state index contributed by atoms with van der Waals surface area (Å²) in [6.45, 7) is 1.76. The molecule has 1 aromatic carbocycles. The van der Waals surface area contributed by atoms with Crippen LogP contribution in [0.3, 0.4) is 0 Å². The molecule has 2 heterocycles. The van der Waals surface area contributed by atoms with Crippen LogP contribution in [0.25, 0.3) is 0 Å². The van der Waals surface area contributed by atoms with Crippen molar-refractivity contribution in [2.45, 2.75) is 12.5 Å². The second-order valence-corrected chi connectivity index (χ2v) is 5.32. The maximum atomic E-state index is 5.97. The van der Waals surface area contributed by atoms with Gasteiger partial charge in [-0.25, -0.2) is 0 Å². The zero-order valence-electron chi connectivity index (χ0n) is 9.67. The second-order valence-electron chi connectivity index (χ2n) is 4.34. The van der Waals surface area contributed by atoms with Crippen LogP contribution in [0.1, 0.15) is 16.5 Å². The van der Waals surface area contributed by atoms with E-state index >= 15 is 0 Å². The van der Waals surface area contributed by atoms with Gasteiger partial charge in [0, 0.05) is 23.7 Å². The number of benzene rings is 1. The zero-order chi connectivity index (χ0) is 11.7. The van der Waals surface area contributed by atoms with E-state index in [0.717, 1.165) is 13.0 Å². The second kappa shape index (κ2) is 4.51. The first-order chi connectivity index (χ1) is 8.40. The topological polar surface area (TPSA) is 29.3 Å². The SMILES string of the molecule is NC[C@@H](c1cccs1)N1CCc2ccccc21. The van der Waals surface area contributed by atoms with Gasteiger partial charge in [-0.3, -0.25) is 0 Å². The third-order valence-electron chi connectivity index (χ3n) is 3.39. The van der Waals surface area contributed by atoms with Crippen LogP contribution < -0.4 is 10.6 Å². The summed E-state index contributed by atoms with van der Waals surface area (Å²) in [6.07, 6.45) is 1.14. The fourth-order valence-electron chi connectivity index (χ4n) is 2.57. The molecule has 2 nitrogen and oxygen atoms in total. The van der Waals surface area contributed by atoms with E-state index in [1.165, 1.54) is 16.1 Å². The first-order valence-corrected chi connectivity index (χ1v) is 6.86. The van der Waals surface area contributed by atoms with Crippen LogP contribution in [0.5, 0.6) is 0 Å². The van der Waals surface area contributed by atoms with Gasteiger partial charge in [0.25, 0.3) is 0 Å². The van der Waals surface area contributed by atoms with Crippen LogP contribution in [0, 0.1) is 0 Å². The van der Waals surface area contributed by atoms with Crippen molar-refractivity contribution in [1.29, 1.82) is 0 Å². The Morgan fingerprint density at radius 3 is 2.88 bits per heavy atom.